The predicted molar refractivity (Wildman–Crippen MR) is 123 cm³/mol. The fraction of sp³-hybridized carbons (Fsp3) is 1.00. The van der Waals surface area contributed by atoms with Gasteiger partial charge in [-0.3, -0.25) is 0 Å². The zero-order valence-corrected chi connectivity index (χ0v) is 20.1. The Kier molecular flexibility index (Phi) is 7.80. The molecular weight excluding hydrogens is 356 g/mol. The van der Waals surface area contributed by atoms with E-state index in [-0.39, 0.29) is 6.10 Å². The average Bonchev–Trinajstić information content (AvgIpc) is 3.14. The number of unbranched alkanes of at least 4 members (excludes halogenated alkanes) is 1. The van der Waals surface area contributed by atoms with Gasteiger partial charge in [-0.25, -0.2) is 0 Å². The maximum atomic E-state index is 10.7. The van der Waals surface area contributed by atoms with Gasteiger partial charge in [-0.15, -0.1) is 0 Å². The van der Waals surface area contributed by atoms with Crippen molar-refractivity contribution in [1.29, 1.82) is 0 Å². The molecule has 0 aromatic heterocycles. The maximum Gasteiger partial charge on any atom is 0.0622 e. The average molecular weight is 407 g/mol. The highest BCUT2D eigenvalue weighted by molar-refractivity contribution is 5.04. The SMILES string of the molecule is CCCC[C@H]1[C@H]([C@@H]2CC[C@H]([C@H](C)CC[C@H](C)O)C2)CC[C@@H]2C[C@@](C)(O)CC[C@@]21C. The lowest BCUT2D eigenvalue weighted by molar-refractivity contribution is -0.119. The van der Waals surface area contributed by atoms with E-state index < -0.39 is 5.60 Å². The van der Waals surface area contributed by atoms with Crippen LogP contribution >= 0.6 is 0 Å². The second kappa shape index (κ2) is 9.60. The number of fused-ring (bicyclic) bond motifs is 1. The Morgan fingerprint density at radius 2 is 1.76 bits per heavy atom. The van der Waals surface area contributed by atoms with E-state index in [1.54, 1.807) is 0 Å². The molecule has 3 saturated carbocycles. The van der Waals surface area contributed by atoms with Crippen LogP contribution in [0.25, 0.3) is 0 Å². The van der Waals surface area contributed by atoms with E-state index in [4.69, 9.17) is 0 Å². The van der Waals surface area contributed by atoms with Crippen LogP contribution in [-0.2, 0) is 0 Å². The van der Waals surface area contributed by atoms with Crippen molar-refractivity contribution in [3.8, 4) is 0 Å². The summed E-state index contributed by atoms with van der Waals surface area (Å²) in [5, 5.41) is 20.4. The molecular formula is C27H50O2. The van der Waals surface area contributed by atoms with Crippen molar-refractivity contribution >= 4 is 0 Å². The first-order valence-corrected chi connectivity index (χ1v) is 13.1. The molecule has 3 fully saturated rings. The summed E-state index contributed by atoms with van der Waals surface area (Å²) in [6, 6.07) is 0. The van der Waals surface area contributed by atoms with E-state index in [1.165, 1.54) is 64.2 Å². The molecule has 0 saturated heterocycles. The van der Waals surface area contributed by atoms with Crippen molar-refractivity contribution in [3.05, 3.63) is 0 Å². The summed E-state index contributed by atoms with van der Waals surface area (Å²) in [6.45, 7) is 11.4. The zero-order chi connectivity index (χ0) is 21.2. The Hall–Kier alpha value is -0.0800. The summed E-state index contributed by atoms with van der Waals surface area (Å²) in [6.07, 6.45) is 16.4. The van der Waals surface area contributed by atoms with Crippen LogP contribution in [0, 0.1) is 40.9 Å². The van der Waals surface area contributed by atoms with Crippen molar-refractivity contribution in [1.82, 2.24) is 0 Å². The molecule has 9 atom stereocenters. The summed E-state index contributed by atoms with van der Waals surface area (Å²) in [5.41, 5.74) is 0.0282. The molecule has 0 unspecified atom stereocenters. The van der Waals surface area contributed by atoms with Gasteiger partial charge in [0.25, 0.3) is 0 Å². The van der Waals surface area contributed by atoms with Crippen LogP contribution in [0.2, 0.25) is 0 Å². The molecule has 0 amide bonds. The van der Waals surface area contributed by atoms with E-state index in [9.17, 15) is 10.2 Å². The van der Waals surface area contributed by atoms with Gasteiger partial charge in [-0.2, -0.15) is 0 Å². The highest BCUT2D eigenvalue weighted by atomic mass is 16.3. The van der Waals surface area contributed by atoms with Gasteiger partial charge < -0.3 is 10.2 Å². The Morgan fingerprint density at radius 1 is 1.00 bits per heavy atom. The highest BCUT2D eigenvalue weighted by Crippen LogP contribution is 2.61. The van der Waals surface area contributed by atoms with Crippen LogP contribution in [-0.4, -0.2) is 21.9 Å². The van der Waals surface area contributed by atoms with Gasteiger partial charge in [-0.1, -0.05) is 33.6 Å². The fourth-order valence-electron chi connectivity index (χ4n) is 7.84. The van der Waals surface area contributed by atoms with Crippen molar-refractivity contribution in [2.45, 2.75) is 130 Å². The van der Waals surface area contributed by atoms with Crippen LogP contribution in [0.5, 0.6) is 0 Å². The van der Waals surface area contributed by atoms with Crippen molar-refractivity contribution in [2.75, 3.05) is 0 Å². The minimum absolute atomic E-state index is 0.146. The lowest BCUT2D eigenvalue weighted by atomic mass is 9.48. The standard InChI is InChI=1S/C27H50O2/c1-6-7-8-25-24(14-13-23-18-26(4,29)15-16-27(23,25)5)22-12-11-21(17-22)19(2)9-10-20(3)28/h19-25,28-29H,6-18H2,1-5H3/t19-,20+,21+,22-,23-,24+,25+,26+,27+/m1/s1. The molecule has 0 bridgehead atoms. The van der Waals surface area contributed by atoms with Crippen molar-refractivity contribution in [3.63, 3.8) is 0 Å². The minimum atomic E-state index is -0.427. The van der Waals surface area contributed by atoms with Crippen molar-refractivity contribution < 1.29 is 10.2 Å². The van der Waals surface area contributed by atoms with Crippen LogP contribution in [0.3, 0.4) is 0 Å². The minimum Gasteiger partial charge on any atom is -0.393 e. The summed E-state index contributed by atoms with van der Waals surface area (Å²) in [4.78, 5) is 0. The summed E-state index contributed by atoms with van der Waals surface area (Å²) < 4.78 is 0. The van der Waals surface area contributed by atoms with E-state index in [0.717, 1.165) is 54.8 Å². The molecule has 0 aromatic carbocycles. The Balaban J connectivity index is 1.68. The number of hydrogen-bond donors (Lipinski definition) is 2. The molecule has 0 aromatic rings. The topological polar surface area (TPSA) is 40.5 Å². The molecule has 0 radical (unpaired) electrons. The Labute approximate surface area is 181 Å². The molecule has 2 N–H and O–H groups in total. The third kappa shape index (κ3) is 5.40. The Morgan fingerprint density at radius 3 is 2.45 bits per heavy atom. The largest absolute Gasteiger partial charge is 0.393 e. The molecule has 0 spiro atoms. The zero-order valence-electron chi connectivity index (χ0n) is 20.1. The van der Waals surface area contributed by atoms with Gasteiger partial charge in [0, 0.05) is 0 Å². The van der Waals surface area contributed by atoms with E-state index in [1.807, 2.05) is 6.92 Å². The van der Waals surface area contributed by atoms with E-state index >= 15 is 0 Å². The molecule has 3 rings (SSSR count). The lowest BCUT2D eigenvalue weighted by Gasteiger charge is -2.58. The first-order valence-electron chi connectivity index (χ1n) is 13.1. The molecule has 3 aliphatic rings. The van der Waals surface area contributed by atoms with Crippen LogP contribution in [0.4, 0.5) is 0 Å². The highest BCUT2D eigenvalue weighted by Gasteiger charge is 2.54. The molecule has 3 aliphatic carbocycles. The number of hydrogen-bond acceptors (Lipinski definition) is 2. The third-order valence-electron chi connectivity index (χ3n) is 9.87. The number of aliphatic hydroxyl groups excluding tert-OH is 1. The second-order valence-electron chi connectivity index (χ2n) is 12.1. The van der Waals surface area contributed by atoms with Gasteiger partial charge in [0.05, 0.1) is 11.7 Å². The normalized spacial score (nSPS) is 45.0. The van der Waals surface area contributed by atoms with Gasteiger partial charge in [-0.05, 0) is 125 Å². The van der Waals surface area contributed by atoms with E-state index in [2.05, 4.69) is 27.7 Å². The van der Waals surface area contributed by atoms with Crippen LogP contribution in [0.15, 0.2) is 0 Å². The van der Waals surface area contributed by atoms with Gasteiger partial charge in [0.15, 0.2) is 0 Å². The molecule has 29 heavy (non-hydrogen) atoms. The summed E-state index contributed by atoms with van der Waals surface area (Å²) in [7, 11) is 0. The van der Waals surface area contributed by atoms with Gasteiger partial charge in [0.1, 0.15) is 0 Å². The predicted octanol–water partition coefficient (Wildman–Crippen LogP) is 6.97. The van der Waals surface area contributed by atoms with Gasteiger partial charge >= 0.3 is 0 Å². The van der Waals surface area contributed by atoms with Crippen LogP contribution in [0.1, 0.15) is 118 Å². The maximum absolute atomic E-state index is 10.7. The van der Waals surface area contributed by atoms with Crippen molar-refractivity contribution in [2.24, 2.45) is 40.9 Å². The first-order chi connectivity index (χ1) is 13.7. The molecule has 170 valence electrons. The number of aliphatic hydroxyl groups is 2. The quantitative estimate of drug-likeness (QED) is 0.457. The second-order valence-corrected chi connectivity index (χ2v) is 12.1. The summed E-state index contributed by atoms with van der Waals surface area (Å²) >= 11 is 0. The smallest absolute Gasteiger partial charge is 0.0622 e. The number of rotatable bonds is 8. The monoisotopic (exact) mass is 406 g/mol. The lowest BCUT2D eigenvalue weighted by Crippen LogP contribution is -2.51. The Bertz CT molecular complexity index is 513. The molecule has 2 heteroatoms. The van der Waals surface area contributed by atoms with Gasteiger partial charge in [0.2, 0.25) is 0 Å². The molecule has 0 heterocycles. The fourth-order valence-corrected chi connectivity index (χ4v) is 7.84. The van der Waals surface area contributed by atoms with Crippen LogP contribution < -0.4 is 0 Å². The first kappa shape index (κ1) is 23.6. The third-order valence-corrected chi connectivity index (χ3v) is 9.87. The molecule has 2 nitrogen and oxygen atoms in total. The van der Waals surface area contributed by atoms with E-state index in [0.29, 0.717) is 5.41 Å². The molecule has 0 aliphatic heterocycles. The summed E-state index contributed by atoms with van der Waals surface area (Å²) in [5.74, 6) is 5.08.